The zero-order chi connectivity index (χ0) is 22.0. The predicted octanol–water partition coefficient (Wildman–Crippen LogP) is 5.23. The molecule has 3 aromatic rings. The average molecular weight is 415 g/mol. The van der Waals surface area contributed by atoms with Gasteiger partial charge in [-0.25, -0.2) is 0 Å². The number of hydrogen-bond donors (Lipinski definition) is 0. The van der Waals surface area contributed by atoms with Crippen molar-refractivity contribution in [1.29, 1.82) is 0 Å². The first-order valence-corrected chi connectivity index (χ1v) is 10.4. The lowest BCUT2D eigenvalue weighted by Crippen LogP contribution is -2.47. The van der Waals surface area contributed by atoms with Crippen LogP contribution in [0.4, 0.5) is 11.4 Å². The average Bonchev–Trinajstić information content (AvgIpc) is 2.80. The van der Waals surface area contributed by atoms with E-state index in [2.05, 4.69) is 0 Å². The Hall–Kier alpha value is -3.60. The van der Waals surface area contributed by atoms with E-state index in [-0.39, 0.29) is 23.9 Å². The van der Waals surface area contributed by atoms with E-state index in [0.717, 1.165) is 22.7 Å². The maximum Gasteiger partial charge on any atom is 0.258 e. The molecular weight excluding hydrogens is 388 g/mol. The number of hydrogen-bond acceptors (Lipinski definition) is 3. The molecule has 2 amide bonds. The number of carbonyl (C=O) groups excluding carboxylic acids is 2. The summed E-state index contributed by atoms with van der Waals surface area (Å²) >= 11 is 0. The van der Waals surface area contributed by atoms with E-state index in [1.165, 1.54) is 0 Å². The maximum absolute atomic E-state index is 13.4. The number of anilines is 2. The summed E-state index contributed by atoms with van der Waals surface area (Å²) < 4.78 is 5.26. The molecule has 0 fully saturated rings. The van der Waals surface area contributed by atoms with Gasteiger partial charge in [0.2, 0.25) is 5.91 Å². The molecule has 1 aliphatic rings. The summed E-state index contributed by atoms with van der Waals surface area (Å²) in [6.45, 7) is 3.62. The first-order chi connectivity index (χ1) is 15.0. The predicted molar refractivity (Wildman–Crippen MR) is 123 cm³/mol. The van der Waals surface area contributed by atoms with Crippen molar-refractivity contribution in [2.24, 2.45) is 0 Å². The van der Waals surface area contributed by atoms with E-state index in [1.54, 1.807) is 14.0 Å². The molecule has 1 heterocycles. The van der Waals surface area contributed by atoms with Crippen LogP contribution in [-0.4, -0.2) is 25.0 Å². The van der Waals surface area contributed by atoms with Crippen molar-refractivity contribution >= 4 is 23.2 Å². The Morgan fingerprint density at radius 3 is 2.23 bits per heavy atom. The zero-order valence-corrected chi connectivity index (χ0v) is 18.0. The molecule has 4 rings (SSSR count). The van der Waals surface area contributed by atoms with Gasteiger partial charge in [-0.05, 0) is 61.4 Å². The van der Waals surface area contributed by atoms with Crippen LogP contribution in [0.15, 0.2) is 78.9 Å². The molecule has 0 aromatic heterocycles. The van der Waals surface area contributed by atoms with E-state index >= 15 is 0 Å². The van der Waals surface area contributed by atoms with E-state index in [0.29, 0.717) is 12.0 Å². The summed E-state index contributed by atoms with van der Waals surface area (Å²) in [4.78, 5) is 29.8. The highest BCUT2D eigenvalue weighted by atomic mass is 16.5. The van der Waals surface area contributed by atoms with Gasteiger partial charge in [-0.2, -0.15) is 0 Å². The molecule has 31 heavy (non-hydrogen) atoms. The van der Waals surface area contributed by atoms with Gasteiger partial charge in [0.05, 0.1) is 13.2 Å². The number of fused-ring (bicyclic) bond motifs is 1. The Morgan fingerprint density at radius 2 is 1.58 bits per heavy atom. The van der Waals surface area contributed by atoms with E-state index in [1.807, 2.05) is 95.6 Å². The first-order valence-electron chi connectivity index (χ1n) is 10.4. The first kappa shape index (κ1) is 20.7. The molecule has 5 nitrogen and oxygen atoms in total. The van der Waals surface area contributed by atoms with Gasteiger partial charge in [0.15, 0.2) is 0 Å². The highest BCUT2D eigenvalue weighted by molar-refractivity contribution is 6.07. The standard InChI is InChI=1S/C26H26N2O3/c1-18-17-25(28(19(2)29)21-13-15-22(31-3)16-14-21)23-11-7-8-12-24(23)27(18)26(30)20-9-5-4-6-10-20/h4-16,18,25H,17H2,1-3H3. The number of carbonyl (C=O) groups is 2. The van der Waals surface area contributed by atoms with Crippen molar-refractivity contribution in [2.45, 2.75) is 32.4 Å². The van der Waals surface area contributed by atoms with Crippen LogP contribution in [0.3, 0.4) is 0 Å². The lowest BCUT2D eigenvalue weighted by Gasteiger charge is -2.43. The third-order valence-corrected chi connectivity index (χ3v) is 5.80. The van der Waals surface area contributed by atoms with Gasteiger partial charge >= 0.3 is 0 Å². The zero-order valence-electron chi connectivity index (χ0n) is 18.0. The molecule has 2 atom stereocenters. The Balaban J connectivity index is 1.76. The van der Waals surface area contributed by atoms with Gasteiger partial charge in [0.1, 0.15) is 5.75 Å². The molecule has 158 valence electrons. The van der Waals surface area contributed by atoms with Gasteiger partial charge in [0.25, 0.3) is 5.91 Å². The Kier molecular flexibility index (Phi) is 5.76. The second kappa shape index (κ2) is 8.64. The van der Waals surface area contributed by atoms with Crippen LogP contribution in [0.1, 0.15) is 42.2 Å². The monoisotopic (exact) mass is 414 g/mol. The van der Waals surface area contributed by atoms with Crippen LogP contribution >= 0.6 is 0 Å². The van der Waals surface area contributed by atoms with Crippen LogP contribution in [0.25, 0.3) is 0 Å². The molecular formula is C26H26N2O3. The van der Waals surface area contributed by atoms with Gasteiger partial charge in [-0.1, -0.05) is 36.4 Å². The Morgan fingerprint density at radius 1 is 0.935 bits per heavy atom. The lowest BCUT2D eigenvalue weighted by atomic mass is 9.89. The number of amides is 2. The fourth-order valence-electron chi connectivity index (χ4n) is 4.38. The number of nitrogens with zero attached hydrogens (tertiary/aromatic N) is 2. The minimum atomic E-state index is -0.170. The van der Waals surface area contributed by atoms with Gasteiger partial charge < -0.3 is 14.5 Å². The minimum Gasteiger partial charge on any atom is -0.497 e. The topological polar surface area (TPSA) is 49.9 Å². The van der Waals surface area contributed by atoms with E-state index in [9.17, 15) is 9.59 Å². The van der Waals surface area contributed by atoms with Crippen LogP contribution in [0.2, 0.25) is 0 Å². The minimum absolute atomic E-state index is 0.0298. The molecule has 0 bridgehead atoms. The molecule has 0 aliphatic carbocycles. The number of ether oxygens (including phenoxy) is 1. The van der Waals surface area contributed by atoms with Crippen molar-refractivity contribution < 1.29 is 14.3 Å². The highest BCUT2D eigenvalue weighted by Crippen LogP contribution is 2.42. The molecule has 0 spiro atoms. The fraction of sp³-hybridized carbons (Fsp3) is 0.231. The number of methoxy groups -OCH3 is 1. The fourth-order valence-corrected chi connectivity index (χ4v) is 4.38. The summed E-state index contributed by atoms with van der Waals surface area (Å²) in [5.41, 5.74) is 3.28. The number of rotatable bonds is 4. The van der Waals surface area contributed by atoms with Crippen molar-refractivity contribution in [1.82, 2.24) is 0 Å². The smallest absolute Gasteiger partial charge is 0.258 e. The molecule has 0 radical (unpaired) electrons. The lowest BCUT2D eigenvalue weighted by molar-refractivity contribution is -0.117. The van der Waals surface area contributed by atoms with E-state index in [4.69, 9.17) is 4.74 Å². The second-order valence-electron chi connectivity index (χ2n) is 7.79. The summed E-state index contributed by atoms with van der Waals surface area (Å²) in [6, 6.07) is 24.4. The Bertz CT molecular complexity index is 1080. The quantitative estimate of drug-likeness (QED) is 0.587. The Labute approximate surface area is 182 Å². The summed E-state index contributed by atoms with van der Waals surface area (Å²) in [6.07, 6.45) is 0.640. The van der Waals surface area contributed by atoms with Crippen molar-refractivity contribution in [2.75, 3.05) is 16.9 Å². The number of benzene rings is 3. The maximum atomic E-state index is 13.4. The molecule has 5 heteroatoms. The molecule has 0 saturated carbocycles. The normalized spacial score (nSPS) is 17.6. The van der Waals surface area contributed by atoms with Gasteiger partial charge in [0, 0.05) is 29.9 Å². The van der Waals surface area contributed by atoms with Crippen LogP contribution in [0.5, 0.6) is 5.75 Å². The molecule has 0 N–H and O–H groups in total. The SMILES string of the molecule is COc1ccc(N(C(C)=O)C2CC(C)N(C(=O)c3ccccc3)c3ccccc32)cc1. The van der Waals surface area contributed by atoms with Gasteiger partial charge in [-0.3, -0.25) is 9.59 Å². The summed E-state index contributed by atoms with van der Waals surface area (Å²) in [5, 5.41) is 0. The molecule has 2 unspecified atom stereocenters. The third kappa shape index (κ3) is 3.91. The van der Waals surface area contributed by atoms with Gasteiger partial charge in [-0.15, -0.1) is 0 Å². The summed E-state index contributed by atoms with van der Waals surface area (Å²) in [5.74, 6) is 0.669. The van der Waals surface area contributed by atoms with Crippen molar-refractivity contribution in [3.8, 4) is 5.75 Å². The van der Waals surface area contributed by atoms with Crippen LogP contribution in [-0.2, 0) is 4.79 Å². The molecule has 0 saturated heterocycles. The van der Waals surface area contributed by atoms with E-state index < -0.39 is 0 Å². The highest BCUT2D eigenvalue weighted by Gasteiger charge is 2.38. The second-order valence-corrected chi connectivity index (χ2v) is 7.79. The van der Waals surface area contributed by atoms with Crippen molar-refractivity contribution in [3.63, 3.8) is 0 Å². The largest absolute Gasteiger partial charge is 0.497 e. The molecule has 1 aliphatic heterocycles. The van der Waals surface area contributed by atoms with Crippen LogP contribution < -0.4 is 14.5 Å². The van der Waals surface area contributed by atoms with Crippen molar-refractivity contribution in [3.05, 3.63) is 90.0 Å². The third-order valence-electron chi connectivity index (χ3n) is 5.80. The molecule has 3 aromatic carbocycles. The number of para-hydroxylation sites is 1. The summed E-state index contributed by atoms with van der Waals surface area (Å²) in [7, 11) is 1.62. The van der Waals surface area contributed by atoms with Crippen LogP contribution in [0, 0.1) is 0 Å².